The summed E-state index contributed by atoms with van der Waals surface area (Å²) < 4.78 is 27.8. The molecule has 0 aromatic rings. The zero-order chi connectivity index (χ0) is 18.7. The first-order valence-corrected chi connectivity index (χ1v) is 10.3. The molecule has 0 aromatic carbocycles. The Hall–Kier alpha value is -1.30. The van der Waals surface area contributed by atoms with Crippen molar-refractivity contribution in [3.05, 3.63) is 11.6 Å². The first kappa shape index (κ1) is 20.0. The molecule has 2 unspecified atom stereocenters. The van der Waals surface area contributed by atoms with Gasteiger partial charge in [0.2, 0.25) is 0 Å². The molecule has 8 heteroatoms. The minimum Gasteiger partial charge on any atom is -0.453 e. The number of Topliss-reactive ketones (excluding diaryl/α,β-unsaturated/α-hetero) is 1. The van der Waals surface area contributed by atoms with E-state index in [0.717, 1.165) is 12.0 Å². The van der Waals surface area contributed by atoms with Crippen LogP contribution < -0.4 is 0 Å². The van der Waals surface area contributed by atoms with E-state index in [2.05, 4.69) is 0 Å². The molecule has 0 bridgehead atoms. The van der Waals surface area contributed by atoms with Gasteiger partial charge >= 0.3 is 13.6 Å². The Morgan fingerprint density at radius 3 is 2.48 bits per heavy atom. The lowest BCUT2D eigenvalue weighted by atomic mass is 9.64. The number of hydrogen-bond donors (Lipinski definition) is 0. The molecule has 0 spiro atoms. The van der Waals surface area contributed by atoms with E-state index < -0.39 is 31.2 Å². The van der Waals surface area contributed by atoms with Crippen molar-refractivity contribution >= 4 is 25.1 Å². The largest absolute Gasteiger partial charge is 0.453 e. The van der Waals surface area contributed by atoms with Crippen LogP contribution in [0, 0.1) is 5.41 Å². The molecular weight excluding hydrogens is 347 g/mol. The van der Waals surface area contributed by atoms with Gasteiger partial charge in [-0.05, 0) is 39.7 Å². The average molecular weight is 372 g/mol. The van der Waals surface area contributed by atoms with E-state index in [9.17, 15) is 18.9 Å². The van der Waals surface area contributed by atoms with Crippen LogP contribution in [-0.2, 0) is 32.7 Å². The summed E-state index contributed by atoms with van der Waals surface area (Å²) in [6.07, 6.45) is 1.88. The van der Waals surface area contributed by atoms with Crippen LogP contribution in [0.4, 0.5) is 0 Å². The molecule has 0 aliphatic heterocycles. The van der Waals surface area contributed by atoms with Gasteiger partial charge in [-0.1, -0.05) is 5.57 Å². The van der Waals surface area contributed by atoms with Crippen molar-refractivity contribution in [2.24, 2.45) is 5.41 Å². The Morgan fingerprint density at radius 2 is 1.88 bits per heavy atom. The summed E-state index contributed by atoms with van der Waals surface area (Å²) in [5, 5.41) is 0. The Balaban J connectivity index is 2.08. The summed E-state index contributed by atoms with van der Waals surface area (Å²) in [6.45, 7) is 5.34. The molecule has 0 N–H and O–H groups in total. The van der Waals surface area contributed by atoms with E-state index in [1.54, 1.807) is 20.8 Å². The molecule has 1 fully saturated rings. The Labute approximate surface area is 147 Å². The molecule has 0 saturated heterocycles. The summed E-state index contributed by atoms with van der Waals surface area (Å²) in [5.74, 6) is -1.10. The monoisotopic (exact) mass is 372 g/mol. The number of esters is 1. The first-order valence-electron chi connectivity index (χ1n) is 8.60. The molecule has 25 heavy (non-hydrogen) atoms. The summed E-state index contributed by atoms with van der Waals surface area (Å²) in [6, 6.07) is 0. The van der Waals surface area contributed by atoms with Crippen LogP contribution in [-0.4, -0.2) is 43.0 Å². The van der Waals surface area contributed by atoms with Gasteiger partial charge in [0, 0.05) is 12.8 Å². The molecule has 0 heterocycles. The normalized spacial score (nSPS) is 26.8. The van der Waals surface area contributed by atoms with E-state index in [4.69, 9.17) is 13.8 Å². The smallest absolute Gasteiger partial charge is 0.341 e. The third kappa shape index (κ3) is 4.46. The van der Waals surface area contributed by atoms with Crippen molar-refractivity contribution in [1.82, 2.24) is 0 Å². The van der Waals surface area contributed by atoms with Crippen molar-refractivity contribution in [2.75, 3.05) is 19.4 Å². The zero-order valence-corrected chi connectivity index (χ0v) is 15.8. The quantitative estimate of drug-likeness (QED) is 0.501. The van der Waals surface area contributed by atoms with Gasteiger partial charge in [-0.15, -0.1) is 0 Å². The number of ketones is 2. The standard InChI is InChI=1S/C17H25O7P/c1-4-22-25(21,23-5-2)11-16(20)24-14-10-17(3)12(9-13(14)18)7-6-8-15(17)19/h9,14H,4-8,10-11H2,1-3H3. The fourth-order valence-corrected chi connectivity index (χ4v) is 4.79. The zero-order valence-electron chi connectivity index (χ0n) is 14.9. The van der Waals surface area contributed by atoms with Gasteiger partial charge in [0.1, 0.15) is 11.9 Å². The van der Waals surface area contributed by atoms with Gasteiger partial charge in [0.05, 0.1) is 18.6 Å². The molecule has 7 nitrogen and oxygen atoms in total. The van der Waals surface area contributed by atoms with E-state index in [0.29, 0.717) is 12.8 Å². The maximum Gasteiger partial charge on any atom is 0.341 e. The minimum atomic E-state index is -3.59. The third-order valence-electron chi connectivity index (χ3n) is 4.65. The molecule has 0 amide bonds. The number of carbonyl (C=O) groups excluding carboxylic acids is 3. The summed E-state index contributed by atoms with van der Waals surface area (Å²) in [5.41, 5.74) is 0.0519. The molecule has 2 rings (SSSR count). The number of ether oxygens (including phenoxy) is 1. The van der Waals surface area contributed by atoms with Crippen LogP contribution in [0.25, 0.3) is 0 Å². The first-order chi connectivity index (χ1) is 11.7. The molecule has 1 saturated carbocycles. The average Bonchev–Trinajstić information content (AvgIpc) is 2.50. The molecule has 2 aliphatic carbocycles. The van der Waals surface area contributed by atoms with Gasteiger partial charge in [0.25, 0.3) is 0 Å². The SMILES string of the molecule is CCOP(=O)(CC(=O)OC1CC2(C)C(=O)CCCC2=CC1=O)OCC. The highest BCUT2D eigenvalue weighted by atomic mass is 31.2. The molecule has 2 atom stereocenters. The van der Waals surface area contributed by atoms with Gasteiger partial charge in [-0.2, -0.15) is 0 Å². The Bertz CT molecular complexity index is 629. The number of fused-ring (bicyclic) bond motifs is 1. The van der Waals surface area contributed by atoms with Crippen molar-refractivity contribution in [3.8, 4) is 0 Å². The number of allylic oxidation sites excluding steroid dienone is 1. The maximum absolute atomic E-state index is 12.4. The Morgan fingerprint density at radius 1 is 1.24 bits per heavy atom. The third-order valence-corrected chi connectivity index (χ3v) is 6.60. The number of carbonyl (C=O) groups is 3. The van der Waals surface area contributed by atoms with E-state index in [1.807, 2.05) is 0 Å². The lowest BCUT2D eigenvalue weighted by Gasteiger charge is -2.39. The molecule has 0 aromatic heterocycles. The predicted molar refractivity (Wildman–Crippen MR) is 90.3 cm³/mol. The topological polar surface area (TPSA) is 96.0 Å². The second kappa shape index (κ2) is 7.94. The van der Waals surface area contributed by atoms with Gasteiger partial charge < -0.3 is 13.8 Å². The predicted octanol–water partition coefficient (Wildman–Crippen LogP) is 2.82. The highest BCUT2D eigenvalue weighted by Gasteiger charge is 2.47. The summed E-state index contributed by atoms with van der Waals surface area (Å²) in [7, 11) is -3.59. The second-order valence-corrected chi connectivity index (χ2v) is 8.52. The molecular formula is C17H25O7P. The summed E-state index contributed by atoms with van der Waals surface area (Å²) >= 11 is 0. The maximum atomic E-state index is 12.4. The van der Waals surface area contributed by atoms with Crippen LogP contribution in [0.1, 0.15) is 46.5 Å². The van der Waals surface area contributed by atoms with Crippen molar-refractivity contribution < 1.29 is 32.7 Å². The highest BCUT2D eigenvalue weighted by molar-refractivity contribution is 7.54. The highest BCUT2D eigenvalue weighted by Crippen LogP contribution is 2.48. The fourth-order valence-electron chi connectivity index (χ4n) is 3.36. The van der Waals surface area contributed by atoms with Crippen LogP contribution in [0.15, 0.2) is 11.6 Å². The van der Waals surface area contributed by atoms with Crippen molar-refractivity contribution in [1.29, 1.82) is 0 Å². The summed E-state index contributed by atoms with van der Waals surface area (Å²) in [4.78, 5) is 36.7. The molecule has 2 aliphatic rings. The van der Waals surface area contributed by atoms with Gasteiger partial charge in [-0.25, -0.2) is 0 Å². The van der Waals surface area contributed by atoms with E-state index in [-0.39, 0.29) is 31.2 Å². The second-order valence-electron chi connectivity index (χ2n) is 6.47. The number of rotatable bonds is 7. The molecule has 140 valence electrons. The lowest BCUT2D eigenvalue weighted by molar-refractivity contribution is -0.155. The van der Waals surface area contributed by atoms with Crippen molar-refractivity contribution in [2.45, 2.75) is 52.6 Å². The van der Waals surface area contributed by atoms with Crippen LogP contribution in [0.2, 0.25) is 0 Å². The van der Waals surface area contributed by atoms with Crippen LogP contribution in [0.3, 0.4) is 0 Å². The van der Waals surface area contributed by atoms with Gasteiger partial charge in [-0.3, -0.25) is 18.9 Å². The van der Waals surface area contributed by atoms with Crippen LogP contribution >= 0.6 is 7.60 Å². The van der Waals surface area contributed by atoms with Crippen molar-refractivity contribution in [3.63, 3.8) is 0 Å². The minimum absolute atomic E-state index is 0.0628. The van der Waals surface area contributed by atoms with E-state index in [1.165, 1.54) is 6.08 Å². The molecule has 0 radical (unpaired) electrons. The lowest BCUT2D eigenvalue weighted by Crippen LogP contribution is -2.44. The fraction of sp³-hybridized carbons (Fsp3) is 0.706. The number of hydrogen-bond acceptors (Lipinski definition) is 7. The van der Waals surface area contributed by atoms with Gasteiger partial charge in [0.15, 0.2) is 11.9 Å². The van der Waals surface area contributed by atoms with E-state index >= 15 is 0 Å². The Kier molecular flexibility index (Phi) is 6.35. The van der Waals surface area contributed by atoms with Crippen LogP contribution in [0.5, 0.6) is 0 Å².